The highest BCUT2D eigenvalue weighted by Gasteiger charge is 2.66. The summed E-state index contributed by atoms with van der Waals surface area (Å²) in [7, 11) is 0. The first-order chi connectivity index (χ1) is 11.9. The number of aliphatic hydroxyl groups excluding tert-OH is 1. The summed E-state index contributed by atoms with van der Waals surface area (Å²) in [4.78, 5) is 13.4. The number of ketones is 1. The first-order valence-electron chi connectivity index (χ1n) is 9.20. The van der Waals surface area contributed by atoms with E-state index >= 15 is 0 Å². The van der Waals surface area contributed by atoms with Crippen LogP contribution in [0.3, 0.4) is 0 Å². The number of hydrogen-bond acceptors (Lipinski definition) is 4. The van der Waals surface area contributed by atoms with Gasteiger partial charge in [-0.15, -0.1) is 0 Å². The average molecular weight is 342 g/mol. The molecule has 2 aliphatic heterocycles. The van der Waals surface area contributed by atoms with E-state index in [2.05, 4.69) is 12.1 Å². The van der Waals surface area contributed by atoms with E-state index in [4.69, 9.17) is 9.47 Å². The molecule has 1 aromatic rings. The minimum absolute atomic E-state index is 0.0273. The molecule has 3 aliphatic rings. The van der Waals surface area contributed by atoms with Gasteiger partial charge in [-0.25, -0.2) is 0 Å². The predicted octanol–water partition coefficient (Wildman–Crippen LogP) is 3.66. The fourth-order valence-electron chi connectivity index (χ4n) is 5.31. The van der Waals surface area contributed by atoms with Crippen LogP contribution >= 0.6 is 0 Å². The maximum atomic E-state index is 13.4. The second-order valence-corrected chi connectivity index (χ2v) is 7.80. The van der Waals surface area contributed by atoms with Gasteiger partial charge in [-0.05, 0) is 57.2 Å². The number of aryl methyl sites for hydroxylation is 3. The van der Waals surface area contributed by atoms with Crippen molar-refractivity contribution in [2.24, 2.45) is 11.8 Å². The molecule has 4 nitrogen and oxygen atoms in total. The van der Waals surface area contributed by atoms with Crippen LogP contribution in [-0.4, -0.2) is 35.8 Å². The lowest BCUT2D eigenvalue weighted by molar-refractivity contribution is -0.127. The largest absolute Gasteiger partial charge is 0.511 e. The topological polar surface area (TPSA) is 55.8 Å². The molecule has 0 spiro atoms. The lowest BCUT2D eigenvalue weighted by Gasteiger charge is -2.31. The SMILES string of the molecule is CCOC[C@]12CC[C@H](O1)[C@@H]1C(O)=C(c3c(C)cc(C)cc3C)C(=O)[C@@H]12. The van der Waals surface area contributed by atoms with Gasteiger partial charge in [0, 0.05) is 6.61 Å². The zero-order valence-corrected chi connectivity index (χ0v) is 15.4. The van der Waals surface area contributed by atoms with E-state index in [9.17, 15) is 9.90 Å². The van der Waals surface area contributed by atoms with Crippen molar-refractivity contribution in [1.82, 2.24) is 0 Å². The van der Waals surface area contributed by atoms with Crippen molar-refractivity contribution in [3.63, 3.8) is 0 Å². The Hall–Kier alpha value is -1.65. The third kappa shape index (κ3) is 2.24. The van der Waals surface area contributed by atoms with Crippen LogP contribution < -0.4 is 0 Å². The minimum Gasteiger partial charge on any atom is -0.511 e. The number of Topliss-reactive ketones (excluding diaryl/α,β-unsaturated/α-hetero) is 1. The Morgan fingerprint density at radius 2 is 1.96 bits per heavy atom. The van der Waals surface area contributed by atoms with Crippen molar-refractivity contribution < 1.29 is 19.4 Å². The molecule has 134 valence electrons. The van der Waals surface area contributed by atoms with Gasteiger partial charge in [0.1, 0.15) is 11.4 Å². The number of aliphatic hydroxyl groups is 1. The van der Waals surface area contributed by atoms with Crippen molar-refractivity contribution in [3.05, 3.63) is 40.1 Å². The van der Waals surface area contributed by atoms with Crippen LogP contribution in [0.5, 0.6) is 0 Å². The summed E-state index contributed by atoms with van der Waals surface area (Å²) >= 11 is 0. The molecule has 4 rings (SSSR count). The molecule has 25 heavy (non-hydrogen) atoms. The summed E-state index contributed by atoms with van der Waals surface area (Å²) in [5.74, 6) is -0.266. The summed E-state index contributed by atoms with van der Waals surface area (Å²) in [5.41, 5.74) is 4.10. The Balaban J connectivity index is 1.79. The first-order valence-corrected chi connectivity index (χ1v) is 9.20. The minimum atomic E-state index is -0.565. The summed E-state index contributed by atoms with van der Waals surface area (Å²) < 4.78 is 11.9. The van der Waals surface area contributed by atoms with Crippen molar-refractivity contribution >= 4 is 11.4 Å². The summed E-state index contributed by atoms with van der Waals surface area (Å²) in [6.07, 6.45) is 1.64. The fraction of sp³-hybridized carbons (Fsp3) is 0.571. The average Bonchev–Trinajstić information content (AvgIpc) is 3.18. The normalized spacial score (nSPS) is 33.4. The van der Waals surface area contributed by atoms with Crippen molar-refractivity contribution in [1.29, 1.82) is 0 Å². The number of carbonyl (C=O) groups excluding carboxylic acids is 1. The Morgan fingerprint density at radius 3 is 2.60 bits per heavy atom. The quantitative estimate of drug-likeness (QED) is 0.907. The van der Waals surface area contributed by atoms with E-state index in [1.807, 2.05) is 27.7 Å². The maximum Gasteiger partial charge on any atom is 0.173 e. The standard InChI is InChI=1S/C21H26O4/c1-5-24-10-21-7-6-14(25-21)16-18(21)20(23)17(19(16)22)15-12(3)8-11(2)9-13(15)4/h8-9,14,16,18,22H,5-7,10H2,1-4H3/t14-,16-,18+,21-/m0/s1. The van der Waals surface area contributed by atoms with E-state index in [1.165, 1.54) is 5.56 Å². The zero-order chi connectivity index (χ0) is 17.9. The Labute approximate surface area is 148 Å². The number of ether oxygens (including phenoxy) is 2. The molecule has 0 saturated carbocycles. The third-order valence-corrected chi connectivity index (χ3v) is 6.14. The number of hydrogen-bond donors (Lipinski definition) is 1. The molecule has 1 N–H and O–H groups in total. The molecule has 1 aromatic carbocycles. The number of allylic oxidation sites excluding steroid dienone is 1. The van der Waals surface area contributed by atoms with Gasteiger partial charge < -0.3 is 14.6 Å². The number of rotatable bonds is 4. The highest BCUT2D eigenvalue weighted by Crippen LogP contribution is 2.59. The molecule has 0 radical (unpaired) electrons. The lowest BCUT2D eigenvalue weighted by atomic mass is 9.72. The molecule has 0 aromatic heterocycles. The van der Waals surface area contributed by atoms with Crippen LogP contribution in [-0.2, 0) is 14.3 Å². The monoisotopic (exact) mass is 342 g/mol. The zero-order valence-electron chi connectivity index (χ0n) is 15.4. The van der Waals surface area contributed by atoms with Crippen LogP contribution in [0.2, 0.25) is 0 Å². The van der Waals surface area contributed by atoms with Crippen molar-refractivity contribution in [3.8, 4) is 0 Å². The van der Waals surface area contributed by atoms with Gasteiger partial charge in [0.25, 0.3) is 0 Å². The van der Waals surface area contributed by atoms with Gasteiger partial charge in [0.15, 0.2) is 5.78 Å². The fourth-order valence-corrected chi connectivity index (χ4v) is 5.31. The van der Waals surface area contributed by atoms with Crippen LogP contribution in [0.15, 0.2) is 17.9 Å². The molecule has 0 unspecified atom stereocenters. The number of fused-ring (bicyclic) bond motifs is 5. The third-order valence-electron chi connectivity index (χ3n) is 6.14. The molecule has 0 amide bonds. The maximum absolute atomic E-state index is 13.4. The Morgan fingerprint density at radius 1 is 1.28 bits per heavy atom. The highest BCUT2D eigenvalue weighted by molar-refractivity contribution is 6.26. The Kier molecular flexibility index (Phi) is 3.82. The van der Waals surface area contributed by atoms with Gasteiger partial charge in [-0.1, -0.05) is 17.7 Å². The smallest absolute Gasteiger partial charge is 0.173 e. The van der Waals surface area contributed by atoms with Crippen LogP contribution in [0.25, 0.3) is 5.57 Å². The van der Waals surface area contributed by atoms with Gasteiger partial charge in [0.05, 0.1) is 30.1 Å². The van der Waals surface area contributed by atoms with E-state index < -0.39 is 5.60 Å². The van der Waals surface area contributed by atoms with Gasteiger partial charge in [-0.2, -0.15) is 0 Å². The molecule has 2 saturated heterocycles. The second kappa shape index (κ2) is 5.68. The van der Waals surface area contributed by atoms with E-state index in [0.717, 1.165) is 29.5 Å². The van der Waals surface area contributed by atoms with Gasteiger partial charge >= 0.3 is 0 Å². The number of benzene rings is 1. The second-order valence-electron chi connectivity index (χ2n) is 7.80. The van der Waals surface area contributed by atoms with Crippen molar-refractivity contribution in [2.75, 3.05) is 13.2 Å². The molecular formula is C21H26O4. The molecule has 2 heterocycles. The van der Waals surface area contributed by atoms with Crippen LogP contribution in [0, 0.1) is 32.6 Å². The Bertz CT molecular complexity index is 755. The molecule has 4 heteroatoms. The number of carbonyl (C=O) groups is 1. The molecule has 4 atom stereocenters. The predicted molar refractivity (Wildman–Crippen MR) is 95.5 cm³/mol. The van der Waals surface area contributed by atoms with Gasteiger partial charge in [0.2, 0.25) is 0 Å². The lowest BCUT2D eigenvalue weighted by Crippen LogP contribution is -2.44. The summed E-state index contributed by atoms with van der Waals surface area (Å²) in [6, 6.07) is 4.15. The highest BCUT2D eigenvalue weighted by atomic mass is 16.6. The van der Waals surface area contributed by atoms with Crippen molar-refractivity contribution in [2.45, 2.75) is 52.2 Å². The van der Waals surface area contributed by atoms with Gasteiger partial charge in [-0.3, -0.25) is 4.79 Å². The molecular weight excluding hydrogens is 316 g/mol. The molecule has 2 bridgehead atoms. The van der Waals surface area contributed by atoms with E-state index in [-0.39, 0.29) is 29.5 Å². The summed E-state index contributed by atoms with van der Waals surface area (Å²) in [5, 5.41) is 11.0. The molecule has 1 aliphatic carbocycles. The first kappa shape index (κ1) is 16.8. The van der Waals surface area contributed by atoms with Crippen LogP contribution in [0.1, 0.15) is 42.0 Å². The van der Waals surface area contributed by atoms with Crippen LogP contribution in [0.4, 0.5) is 0 Å². The molecule has 2 fully saturated rings. The van der Waals surface area contributed by atoms with E-state index in [1.54, 1.807) is 0 Å². The summed E-state index contributed by atoms with van der Waals surface area (Å²) in [6.45, 7) is 9.06. The van der Waals surface area contributed by atoms with E-state index in [0.29, 0.717) is 18.8 Å².